The van der Waals surface area contributed by atoms with Gasteiger partial charge in [0, 0.05) is 32.8 Å². The van der Waals surface area contributed by atoms with Crippen LogP contribution in [-0.4, -0.2) is 33.5 Å². The van der Waals surface area contributed by atoms with Crippen LogP contribution >= 0.6 is 0 Å². The monoisotopic (exact) mass is 719 g/mol. The van der Waals surface area contributed by atoms with E-state index in [4.69, 9.17) is 24.4 Å². The van der Waals surface area contributed by atoms with Crippen LogP contribution in [0.4, 0.5) is 0 Å². The lowest BCUT2D eigenvalue weighted by atomic mass is 10.0. The number of aromatic nitrogens is 7. The van der Waals surface area contributed by atoms with Crippen molar-refractivity contribution in [2.45, 2.75) is 0 Å². The summed E-state index contributed by atoms with van der Waals surface area (Å²) in [7, 11) is 0. The highest BCUT2D eigenvalue weighted by molar-refractivity contribution is 6.11. The molecule has 0 radical (unpaired) electrons. The van der Waals surface area contributed by atoms with Crippen LogP contribution in [0.2, 0.25) is 0 Å². The fraction of sp³-hybridized carbons (Fsp3) is 0. The average molecular weight is 720 g/mol. The summed E-state index contributed by atoms with van der Waals surface area (Å²) in [6.45, 7) is 0. The van der Waals surface area contributed by atoms with E-state index < -0.39 is 0 Å². The topological polar surface area (TPSA) is 79.0 Å². The molecular weight excluding hydrogens is 691 g/mol. The first-order valence-corrected chi connectivity index (χ1v) is 18.6. The Bertz CT molecular complexity index is 3470. The molecule has 0 aliphatic heterocycles. The largest absolute Gasteiger partial charge is 0.455 e. The summed E-state index contributed by atoms with van der Waals surface area (Å²) in [6, 6.07) is 60.1. The number of para-hydroxylation sites is 6. The van der Waals surface area contributed by atoms with E-state index in [1.807, 2.05) is 60.7 Å². The van der Waals surface area contributed by atoms with Crippen molar-refractivity contribution in [3.8, 4) is 45.5 Å². The first kappa shape index (κ1) is 30.6. The van der Waals surface area contributed by atoms with Crippen molar-refractivity contribution in [2.75, 3.05) is 0 Å². The number of furan rings is 1. The van der Waals surface area contributed by atoms with Crippen molar-refractivity contribution >= 4 is 60.8 Å². The molecule has 0 fully saturated rings. The van der Waals surface area contributed by atoms with Gasteiger partial charge < -0.3 is 4.42 Å². The molecule has 0 aliphatic rings. The van der Waals surface area contributed by atoms with Gasteiger partial charge in [-0.15, -0.1) is 0 Å². The van der Waals surface area contributed by atoms with E-state index in [2.05, 4.69) is 129 Å². The fourth-order valence-corrected chi connectivity index (χ4v) is 8.21. The Morgan fingerprint density at radius 1 is 0.429 bits per heavy atom. The van der Waals surface area contributed by atoms with E-state index in [1.54, 1.807) is 0 Å². The van der Waals surface area contributed by atoms with Crippen LogP contribution in [0.15, 0.2) is 180 Å². The molecule has 0 saturated carbocycles. The molecule has 0 saturated heterocycles. The summed E-state index contributed by atoms with van der Waals surface area (Å²) >= 11 is 0. The Hall–Kier alpha value is -7.84. The zero-order valence-electron chi connectivity index (χ0n) is 29.8. The third-order valence-corrected chi connectivity index (χ3v) is 10.7. The van der Waals surface area contributed by atoms with Gasteiger partial charge in [0.25, 0.3) is 0 Å². The summed E-state index contributed by atoms with van der Waals surface area (Å²) in [4.78, 5) is 20.8. The van der Waals surface area contributed by atoms with Crippen molar-refractivity contribution in [1.82, 2.24) is 33.5 Å². The quantitative estimate of drug-likeness (QED) is 0.177. The smallest absolute Gasteiger partial charge is 0.240 e. The van der Waals surface area contributed by atoms with Gasteiger partial charge in [-0.3, -0.25) is 13.5 Å². The summed E-state index contributed by atoms with van der Waals surface area (Å²) in [5.74, 6) is 2.48. The predicted molar refractivity (Wildman–Crippen MR) is 223 cm³/mol. The molecule has 7 aromatic carbocycles. The highest BCUT2D eigenvalue weighted by Gasteiger charge is 2.27. The Morgan fingerprint density at radius 2 is 1.05 bits per heavy atom. The average Bonchev–Trinajstić information content (AvgIpc) is 4.01. The summed E-state index contributed by atoms with van der Waals surface area (Å²) in [5.41, 5.74) is 11.5. The number of benzene rings is 7. The maximum Gasteiger partial charge on any atom is 0.240 e. The summed E-state index contributed by atoms with van der Waals surface area (Å²) < 4.78 is 13.0. The lowest BCUT2D eigenvalue weighted by molar-refractivity contribution is 0.670. The molecule has 0 bridgehead atoms. The van der Waals surface area contributed by atoms with E-state index >= 15 is 0 Å². The van der Waals surface area contributed by atoms with Gasteiger partial charge in [-0.25, -0.2) is 9.97 Å². The van der Waals surface area contributed by atoms with Crippen LogP contribution in [0.25, 0.3) is 106 Å². The molecule has 56 heavy (non-hydrogen) atoms. The Morgan fingerprint density at radius 3 is 1.86 bits per heavy atom. The third-order valence-electron chi connectivity index (χ3n) is 10.7. The second kappa shape index (κ2) is 11.8. The normalized spacial score (nSPS) is 11.9. The molecule has 8 nitrogen and oxygen atoms in total. The number of fused-ring (bicyclic) bond motifs is 10. The Labute approximate surface area is 319 Å². The van der Waals surface area contributed by atoms with Crippen molar-refractivity contribution in [2.24, 2.45) is 0 Å². The molecular formula is C48H29N7O. The number of rotatable bonds is 5. The maximum atomic E-state index is 6.38. The SMILES string of the molecule is c1ccc(-c2nc(-c3ccc(-c4cccc5c4oc4ccccc45)cc3)nc(-n3c4ccccc4c4c3n(-c3ccccc3)c3nc5ccccc5n43)n2)cc1. The summed E-state index contributed by atoms with van der Waals surface area (Å²) in [5, 5.41) is 3.28. The van der Waals surface area contributed by atoms with E-state index in [0.29, 0.717) is 17.6 Å². The highest BCUT2D eigenvalue weighted by Crippen LogP contribution is 2.39. The molecule has 8 heteroatoms. The van der Waals surface area contributed by atoms with Crippen LogP contribution in [0.1, 0.15) is 0 Å². The second-order valence-electron chi connectivity index (χ2n) is 13.9. The number of hydrogen-bond donors (Lipinski definition) is 0. The minimum Gasteiger partial charge on any atom is -0.455 e. The Balaban J connectivity index is 1.11. The molecule has 0 unspecified atom stereocenters. The van der Waals surface area contributed by atoms with Crippen LogP contribution in [0, 0.1) is 0 Å². The van der Waals surface area contributed by atoms with Gasteiger partial charge in [0.2, 0.25) is 11.7 Å². The van der Waals surface area contributed by atoms with Gasteiger partial charge >= 0.3 is 0 Å². The second-order valence-corrected chi connectivity index (χ2v) is 13.9. The molecule has 0 spiro atoms. The van der Waals surface area contributed by atoms with Crippen LogP contribution < -0.4 is 0 Å². The number of hydrogen-bond acceptors (Lipinski definition) is 5. The molecule has 12 aromatic rings. The standard InChI is InChI=1S/C48H29N7O/c1-3-14-31(15-4-1)44-50-45(32-28-26-30(27-29-32)34-20-13-21-36-35-18-8-12-25-41(35)56-43(34)36)52-47(51-44)55-39-23-10-7-19-37(39)42-46(55)53(33-16-5-2-6-17-33)48-49-38-22-9-11-24-40(38)54(42)48/h1-29H. The van der Waals surface area contributed by atoms with Crippen molar-refractivity contribution in [3.05, 3.63) is 176 Å². The van der Waals surface area contributed by atoms with Crippen LogP contribution in [-0.2, 0) is 0 Å². The minimum atomic E-state index is 0.512. The zero-order chi connectivity index (χ0) is 36.7. The number of nitrogens with zero attached hydrogens (tertiary/aromatic N) is 7. The highest BCUT2D eigenvalue weighted by atomic mass is 16.3. The lowest BCUT2D eigenvalue weighted by Crippen LogP contribution is -2.09. The van der Waals surface area contributed by atoms with E-state index in [0.717, 1.165) is 88.8 Å². The van der Waals surface area contributed by atoms with Crippen molar-refractivity contribution < 1.29 is 4.42 Å². The Kier molecular flexibility index (Phi) is 6.47. The van der Waals surface area contributed by atoms with Gasteiger partial charge in [-0.05, 0) is 42.0 Å². The van der Waals surface area contributed by atoms with Gasteiger partial charge in [0.05, 0.1) is 22.2 Å². The molecule has 262 valence electrons. The molecule has 0 aliphatic carbocycles. The fourth-order valence-electron chi connectivity index (χ4n) is 8.21. The molecule has 0 atom stereocenters. The van der Waals surface area contributed by atoms with Gasteiger partial charge in [-0.1, -0.05) is 140 Å². The van der Waals surface area contributed by atoms with Crippen molar-refractivity contribution in [3.63, 3.8) is 0 Å². The third kappa shape index (κ3) is 4.47. The van der Waals surface area contributed by atoms with Gasteiger partial charge in [0.15, 0.2) is 17.3 Å². The lowest BCUT2D eigenvalue weighted by Gasteiger charge is -2.13. The van der Waals surface area contributed by atoms with E-state index in [9.17, 15) is 0 Å². The molecule has 5 aromatic heterocycles. The minimum absolute atomic E-state index is 0.512. The predicted octanol–water partition coefficient (Wildman–Crippen LogP) is 11.5. The maximum absolute atomic E-state index is 6.38. The van der Waals surface area contributed by atoms with Gasteiger partial charge in [-0.2, -0.15) is 9.97 Å². The van der Waals surface area contributed by atoms with Gasteiger partial charge in [0.1, 0.15) is 16.7 Å². The molecule has 12 rings (SSSR count). The van der Waals surface area contributed by atoms with Crippen molar-refractivity contribution in [1.29, 1.82) is 0 Å². The molecule has 0 amide bonds. The molecule has 0 N–H and O–H groups in total. The first-order chi connectivity index (χ1) is 27.8. The van der Waals surface area contributed by atoms with E-state index in [1.165, 1.54) is 0 Å². The van der Waals surface area contributed by atoms with E-state index in [-0.39, 0.29) is 0 Å². The van der Waals surface area contributed by atoms with Crippen LogP contribution in [0.3, 0.4) is 0 Å². The number of imidazole rings is 2. The summed E-state index contributed by atoms with van der Waals surface area (Å²) in [6.07, 6.45) is 0. The molecule has 5 heterocycles. The van der Waals surface area contributed by atoms with Crippen LogP contribution in [0.5, 0.6) is 0 Å². The zero-order valence-corrected chi connectivity index (χ0v) is 29.8. The first-order valence-electron chi connectivity index (χ1n) is 18.6.